The lowest BCUT2D eigenvalue weighted by molar-refractivity contribution is -0.151. The molecule has 3 nitrogen and oxygen atoms in total. The Morgan fingerprint density at radius 1 is 1.40 bits per heavy atom. The minimum Gasteiger partial charge on any atom is -0.366 e. The highest BCUT2D eigenvalue weighted by Crippen LogP contribution is 2.29. The van der Waals surface area contributed by atoms with Gasteiger partial charge in [-0.15, -0.1) is 11.8 Å². The van der Waals surface area contributed by atoms with Crippen LogP contribution in [0.4, 0.5) is 0 Å². The van der Waals surface area contributed by atoms with E-state index in [9.17, 15) is 5.11 Å². The van der Waals surface area contributed by atoms with E-state index in [1.54, 1.807) is 11.8 Å². The van der Waals surface area contributed by atoms with Crippen molar-refractivity contribution in [1.29, 1.82) is 0 Å². The van der Waals surface area contributed by atoms with Gasteiger partial charge < -0.3 is 9.84 Å². The summed E-state index contributed by atoms with van der Waals surface area (Å²) in [7, 11) is 2.01. The van der Waals surface area contributed by atoms with Crippen LogP contribution in [0.25, 0.3) is 0 Å². The van der Waals surface area contributed by atoms with Crippen LogP contribution in [-0.4, -0.2) is 41.9 Å². The highest BCUT2D eigenvalue weighted by atomic mass is 32.2. The molecule has 0 aromatic heterocycles. The molecule has 1 heterocycles. The van der Waals surface area contributed by atoms with Gasteiger partial charge in [-0.25, -0.2) is 0 Å². The minimum atomic E-state index is -0.700. The highest BCUT2D eigenvalue weighted by Gasteiger charge is 2.29. The average molecular weight is 225 g/mol. The monoisotopic (exact) mass is 225 g/mol. The van der Waals surface area contributed by atoms with Crippen molar-refractivity contribution in [3.8, 4) is 0 Å². The molecule has 0 amide bonds. The van der Waals surface area contributed by atoms with Crippen LogP contribution in [0.1, 0.15) is 0 Å². The zero-order chi connectivity index (χ0) is 10.7. The lowest BCUT2D eigenvalue weighted by atomic mass is 10.4. The number of nitrogens with zero attached hydrogens (tertiary/aromatic N) is 1. The van der Waals surface area contributed by atoms with Crippen LogP contribution in [0, 0.1) is 0 Å². The Bertz CT molecular complexity index is 297. The van der Waals surface area contributed by atoms with Crippen molar-refractivity contribution in [2.24, 2.45) is 0 Å². The molecular weight excluding hydrogens is 210 g/mol. The summed E-state index contributed by atoms with van der Waals surface area (Å²) in [6, 6.07) is 10.1. The van der Waals surface area contributed by atoms with Crippen LogP contribution in [0.5, 0.6) is 0 Å². The number of benzene rings is 1. The summed E-state index contributed by atoms with van der Waals surface area (Å²) < 4.78 is 5.23. The van der Waals surface area contributed by atoms with E-state index in [0.29, 0.717) is 6.61 Å². The number of thioether (sulfide) groups is 1. The second-order valence-corrected chi connectivity index (χ2v) is 4.75. The predicted octanol–water partition coefficient (Wildman–Crippen LogP) is 1.39. The Labute approximate surface area is 94.0 Å². The fourth-order valence-electron chi connectivity index (χ4n) is 1.53. The Hall–Kier alpha value is -0.550. The molecular formula is C11H15NO2S. The standard InChI is InChI=1S/C11H15NO2S/c1-12-7-8-14-11(13)10(12)15-9-5-3-2-4-6-9/h2-6,10-11,13H,7-8H2,1H3/t10-,11-/m0/s1. The molecule has 0 saturated carbocycles. The maximum atomic E-state index is 9.72. The van der Waals surface area contributed by atoms with E-state index in [1.165, 1.54) is 0 Å². The van der Waals surface area contributed by atoms with E-state index in [-0.39, 0.29) is 5.37 Å². The smallest absolute Gasteiger partial charge is 0.180 e. The van der Waals surface area contributed by atoms with E-state index >= 15 is 0 Å². The molecule has 1 aromatic rings. The third-order valence-corrected chi connectivity index (χ3v) is 3.79. The van der Waals surface area contributed by atoms with Crippen molar-refractivity contribution in [2.75, 3.05) is 20.2 Å². The van der Waals surface area contributed by atoms with Gasteiger partial charge in [-0.1, -0.05) is 18.2 Å². The van der Waals surface area contributed by atoms with Gasteiger partial charge in [0, 0.05) is 11.4 Å². The highest BCUT2D eigenvalue weighted by molar-refractivity contribution is 8.00. The van der Waals surface area contributed by atoms with Crippen LogP contribution < -0.4 is 0 Å². The summed E-state index contributed by atoms with van der Waals surface area (Å²) >= 11 is 1.63. The van der Waals surface area contributed by atoms with Crippen LogP contribution in [0.2, 0.25) is 0 Å². The summed E-state index contributed by atoms with van der Waals surface area (Å²) in [5, 5.41) is 9.70. The first-order valence-electron chi connectivity index (χ1n) is 4.99. The number of hydrogen-bond donors (Lipinski definition) is 1. The molecule has 4 heteroatoms. The second-order valence-electron chi connectivity index (χ2n) is 3.56. The van der Waals surface area contributed by atoms with Crippen LogP contribution >= 0.6 is 11.8 Å². The van der Waals surface area contributed by atoms with Crippen molar-refractivity contribution in [1.82, 2.24) is 4.90 Å². The van der Waals surface area contributed by atoms with E-state index in [1.807, 2.05) is 37.4 Å². The molecule has 1 aliphatic heterocycles. The number of rotatable bonds is 2. The van der Waals surface area contributed by atoms with Crippen molar-refractivity contribution in [2.45, 2.75) is 16.6 Å². The Kier molecular flexibility index (Phi) is 3.64. The van der Waals surface area contributed by atoms with Crippen molar-refractivity contribution < 1.29 is 9.84 Å². The fraction of sp³-hybridized carbons (Fsp3) is 0.455. The predicted molar refractivity (Wildman–Crippen MR) is 60.7 cm³/mol. The first kappa shape index (κ1) is 11.0. The molecule has 2 rings (SSSR count). The van der Waals surface area contributed by atoms with Crippen LogP contribution in [-0.2, 0) is 4.74 Å². The lowest BCUT2D eigenvalue weighted by Gasteiger charge is -2.35. The molecule has 1 aliphatic rings. The van der Waals surface area contributed by atoms with E-state index in [4.69, 9.17) is 4.74 Å². The minimum absolute atomic E-state index is 0.0128. The van der Waals surface area contributed by atoms with Gasteiger partial charge in [0.15, 0.2) is 6.29 Å². The molecule has 0 bridgehead atoms. The van der Waals surface area contributed by atoms with Crippen molar-refractivity contribution in [3.05, 3.63) is 30.3 Å². The summed E-state index contributed by atoms with van der Waals surface area (Å²) in [5.74, 6) is 0. The SMILES string of the molecule is CN1CCO[C@H](O)[C@@H]1Sc1ccccc1. The molecule has 15 heavy (non-hydrogen) atoms. The zero-order valence-electron chi connectivity index (χ0n) is 8.67. The van der Waals surface area contributed by atoms with Crippen molar-refractivity contribution >= 4 is 11.8 Å². The first-order chi connectivity index (χ1) is 7.27. The average Bonchev–Trinajstić information content (AvgIpc) is 2.25. The van der Waals surface area contributed by atoms with Gasteiger partial charge in [-0.2, -0.15) is 0 Å². The van der Waals surface area contributed by atoms with E-state index in [2.05, 4.69) is 4.90 Å². The maximum Gasteiger partial charge on any atom is 0.180 e. The number of likely N-dealkylation sites (N-methyl/N-ethyl adjacent to an activating group) is 1. The number of hydrogen-bond acceptors (Lipinski definition) is 4. The Balaban J connectivity index is 2.03. The van der Waals surface area contributed by atoms with E-state index in [0.717, 1.165) is 11.4 Å². The maximum absolute atomic E-state index is 9.72. The van der Waals surface area contributed by atoms with Gasteiger partial charge in [0.25, 0.3) is 0 Å². The molecule has 1 saturated heterocycles. The first-order valence-corrected chi connectivity index (χ1v) is 5.87. The van der Waals surface area contributed by atoms with Gasteiger partial charge in [-0.3, -0.25) is 4.90 Å². The molecule has 0 spiro atoms. The molecule has 82 valence electrons. The molecule has 0 unspecified atom stereocenters. The molecule has 0 radical (unpaired) electrons. The largest absolute Gasteiger partial charge is 0.366 e. The third-order valence-electron chi connectivity index (χ3n) is 2.41. The molecule has 1 fully saturated rings. The second kappa shape index (κ2) is 4.99. The number of ether oxygens (including phenoxy) is 1. The van der Waals surface area contributed by atoms with Gasteiger partial charge in [0.1, 0.15) is 5.37 Å². The summed E-state index contributed by atoms with van der Waals surface area (Å²) in [6.07, 6.45) is -0.700. The summed E-state index contributed by atoms with van der Waals surface area (Å²) in [4.78, 5) is 3.27. The molecule has 2 atom stereocenters. The van der Waals surface area contributed by atoms with Crippen LogP contribution in [0.15, 0.2) is 35.2 Å². The molecule has 1 N–H and O–H groups in total. The van der Waals surface area contributed by atoms with Gasteiger partial charge in [-0.05, 0) is 19.2 Å². The van der Waals surface area contributed by atoms with Gasteiger partial charge in [0.05, 0.1) is 6.61 Å². The molecule has 1 aromatic carbocycles. The number of morpholine rings is 1. The number of aliphatic hydroxyl groups excluding tert-OH is 1. The Morgan fingerprint density at radius 2 is 2.13 bits per heavy atom. The lowest BCUT2D eigenvalue weighted by Crippen LogP contribution is -2.47. The molecule has 0 aliphatic carbocycles. The quantitative estimate of drug-likeness (QED) is 0.824. The van der Waals surface area contributed by atoms with Crippen molar-refractivity contribution in [3.63, 3.8) is 0 Å². The van der Waals surface area contributed by atoms with Gasteiger partial charge >= 0.3 is 0 Å². The fourth-order valence-corrected chi connectivity index (χ4v) is 2.60. The topological polar surface area (TPSA) is 32.7 Å². The third kappa shape index (κ3) is 2.72. The number of aliphatic hydroxyl groups is 1. The normalized spacial score (nSPS) is 27.9. The summed E-state index contributed by atoms with van der Waals surface area (Å²) in [5.41, 5.74) is 0. The van der Waals surface area contributed by atoms with E-state index < -0.39 is 6.29 Å². The zero-order valence-corrected chi connectivity index (χ0v) is 9.48. The summed E-state index contributed by atoms with van der Waals surface area (Å²) in [6.45, 7) is 1.46. The van der Waals surface area contributed by atoms with Gasteiger partial charge in [0.2, 0.25) is 0 Å². The Morgan fingerprint density at radius 3 is 2.80 bits per heavy atom. The van der Waals surface area contributed by atoms with Crippen LogP contribution in [0.3, 0.4) is 0 Å².